The van der Waals surface area contributed by atoms with Gasteiger partial charge in [0.25, 0.3) is 0 Å². The monoisotopic (exact) mass is 438 g/mol. The number of carbonyl (C=O) groups is 1. The van der Waals surface area contributed by atoms with Gasteiger partial charge in [0, 0.05) is 41.8 Å². The van der Waals surface area contributed by atoms with E-state index in [0.29, 0.717) is 23.6 Å². The fourth-order valence-electron chi connectivity index (χ4n) is 3.31. The second kappa shape index (κ2) is 8.81. The molecule has 9 heteroatoms. The summed E-state index contributed by atoms with van der Waals surface area (Å²) in [6.07, 6.45) is 1.64. The highest BCUT2D eigenvalue weighted by Crippen LogP contribution is 2.29. The zero-order valence-electron chi connectivity index (χ0n) is 17.4. The van der Waals surface area contributed by atoms with Crippen molar-refractivity contribution in [3.63, 3.8) is 0 Å². The molecule has 0 fully saturated rings. The standard InChI is InChI=1S/C22H22N4O4S/c1-13(2)21-24-25-22(26(21)11-17-5-4-8-29-17)31-12-15-9-20(28)30-19-10-16(23-14(3)27)6-7-18(15)19/h4-10,13H,11-12H2,1-3H3,(H,23,27). The molecule has 8 nitrogen and oxygen atoms in total. The number of hydrogen-bond donors (Lipinski definition) is 1. The Morgan fingerprint density at radius 3 is 2.77 bits per heavy atom. The van der Waals surface area contributed by atoms with Crippen molar-refractivity contribution in [3.05, 3.63) is 70.2 Å². The molecule has 160 valence electrons. The largest absolute Gasteiger partial charge is 0.467 e. The summed E-state index contributed by atoms with van der Waals surface area (Å²) < 4.78 is 12.9. The Labute approximate surface area is 182 Å². The smallest absolute Gasteiger partial charge is 0.336 e. The third kappa shape index (κ3) is 4.72. The van der Waals surface area contributed by atoms with E-state index < -0.39 is 5.63 Å². The Hall–Kier alpha value is -3.33. The lowest BCUT2D eigenvalue weighted by molar-refractivity contribution is -0.114. The van der Waals surface area contributed by atoms with Crippen LogP contribution in [0.2, 0.25) is 0 Å². The number of thioether (sulfide) groups is 1. The van der Waals surface area contributed by atoms with Gasteiger partial charge in [-0.2, -0.15) is 0 Å². The number of aromatic nitrogens is 3. The average Bonchev–Trinajstić information content (AvgIpc) is 3.35. The maximum Gasteiger partial charge on any atom is 0.336 e. The first-order valence-electron chi connectivity index (χ1n) is 9.83. The average molecular weight is 439 g/mol. The molecule has 0 aliphatic carbocycles. The van der Waals surface area contributed by atoms with Crippen LogP contribution in [0.25, 0.3) is 11.0 Å². The zero-order valence-corrected chi connectivity index (χ0v) is 18.2. The van der Waals surface area contributed by atoms with Crippen LogP contribution in [0.5, 0.6) is 0 Å². The minimum atomic E-state index is -0.442. The zero-order chi connectivity index (χ0) is 22.0. The number of amides is 1. The van der Waals surface area contributed by atoms with Crippen LogP contribution in [0.1, 0.15) is 43.8 Å². The minimum absolute atomic E-state index is 0.190. The van der Waals surface area contributed by atoms with Crippen LogP contribution < -0.4 is 10.9 Å². The molecule has 0 saturated heterocycles. The van der Waals surface area contributed by atoms with E-state index in [1.165, 1.54) is 24.8 Å². The summed E-state index contributed by atoms with van der Waals surface area (Å²) in [7, 11) is 0. The molecular weight excluding hydrogens is 416 g/mol. The molecule has 4 rings (SSSR count). The summed E-state index contributed by atoms with van der Waals surface area (Å²) >= 11 is 1.50. The molecule has 0 saturated carbocycles. The van der Waals surface area contributed by atoms with Crippen molar-refractivity contribution in [1.29, 1.82) is 0 Å². The maximum absolute atomic E-state index is 12.1. The second-order valence-electron chi connectivity index (χ2n) is 7.43. The lowest BCUT2D eigenvalue weighted by Gasteiger charge is -2.11. The van der Waals surface area contributed by atoms with Gasteiger partial charge in [-0.1, -0.05) is 25.6 Å². The number of nitrogens with zero attached hydrogens (tertiary/aromatic N) is 3. The second-order valence-corrected chi connectivity index (χ2v) is 8.37. The molecule has 0 aliphatic rings. The molecule has 1 N–H and O–H groups in total. The van der Waals surface area contributed by atoms with Crippen molar-refractivity contribution in [1.82, 2.24) is 14.8 Å². The van der Waals surface area contributed by atoms with Gasteiger partial charge in [0.05, 0.1) is 12.8 Å². The first-order chi connectivity index (χ1) is 14.9. The first kappa shape index (κ1) is 20.9. The summed E-state index contributed by atoms with van der Waals surface area (Å²) in [5.74, 6) is 2.21. The van der Waals surface area contributed by atoms with Crippen molar-refractivity contribution < 1.29 is 13.6 Å². The number of hydrogen-bond acceptors (Lipinski definition) is 7. The van der Waals surface area contributed by atoms with E-state index in [2.05, 4.69) is 29.4 Å². The molecule has 1 amide bonds. The number of carbonyl (C=O) groups excluding carboxylic acids is 1. The Bertz CT molecular complexity index is 1270. The Morgan fingerprint density at radius 1 is 1.23 bits per heavy atom. The predicted molar refractivity (Wildman–Crippen MR) is 118 cm³/mol. The molecule has 0 atom stereocenters. The minimum Gasteiger partial charge on any atom is -0.467 e. The molecule has 4 aromatic rings. The van der Waals surface area contributed by atoms with Crippen molar-refractivity contribution >= 4 is 34.3 Å². The molecule has 0 spiro atoms. The van der Waals surface area contributed by atoms with Crippen molar-refractivity contribution in [2.24, 2.45) is 0 Å². The van der Waals surface area contributed by atoms with Gasteiger partial charge in [-0.05, 0) is 29.8 Å². The van der Waals surface area contributed by atoms with Gasteiger partial charge < -0.3 is 14.2 Å². The number of nitrogens with one attached hydrogen (secondary N) is 1. The van der Waals surface area contributed by atoms with Gasteiger partial charge >= 0.3 is 5.63 Å². The van der Waals surface area contributed by atoms with Gasteiger partial charge in [0.15, 0.2) is 5.16 Å². The number of furan rings is 1. The quantitative estimate of drug-likeness (QED) is 0.337. The first-order valence-corrected chi connectivity index (χ1v) is 10.8. The van der Waals surface area contributed by atoms with E-state index >= 15 is 0 Å². The molecule has 0 bridgehead atoms. The molecule has 31 heavy (non-hydrogen) atoms. The number of rotatable bonds is 7. The number of fused-ring (bicyclic) bond motifs is 1. The van der Waals surface area contributed by atoms with Crippen LogP contribution in [0.3, 0.4) is 0 Å². The van der Waals surface area contributed by atoms with E-state index in [9.17, 15) is 9.59 Å². The van der Waals surface area contributed by atoms with Gasteiger partial charge in [-0.3, -0.25) is 9.36 Å². The molecular formula is C22H22N4O4S. The molecule has 3 heterocycles. The number of anilines is 1. The van der Waals surface area contributed by atoms with Crippen molar-refractivity contribution in [3.8, 4) is 0 Å². The topological polar surface area (TPSA) is 103 Å². The SMILES string of the molecule is CC(=O)Nc1ccc2c(CSc3nnc(C(C)C)n3Cc3ccco3)cc(=O)oc2c1. The molecule has 1 aromatic carbocycles. The van der Waals surface area contributed by atoms with E-state index in [4.69, 9.17) is 8.83 Å². The van der Waals surface area contributed by atoms with Crippen LogP contribution in [-0.2, 0) is 17.1 Å². The normalized spacial score (nSPS) is 11.4. The maximum atomic E-state index is 12.1. The molecule has 0 aliphatic heterocycles. The predicted octanol–water partition coefficient (Wildman–Crippen LogP) is 4.40. The Balaban J connectivity index is 1.63. The van der Waals surface area contributed by atoms with Crippen LogP contribution in [0.15, 0.2) is 61.4 Å². The lowest BCUT2D eigenvalue weighted by Crippen LogP contribution is -2.08. The van der Waals surface area contributed by atoms with E-state index in [1.54, 1.807) is 18.4 Å². The lowest BCUT2D eigenvalue weighted by atomic mass is 10.1. The molecule has 3 aromatic heterocycles. The van der Waals surface area contributed by atoms with Crippen LogP contribution >= 0.6 is 11.8 Å². The highest BCUT2D eigenvalue weighted by Gasteiger charge is 2.17. The van der Waals surface area contributed by atoms with E-state index in [-0.39, 0.29) is 11.8 Å². The highest BCUT2D eigenvalue weighted by atomic mass is 32.2. The summed E-state index contributed by atoms with van der Waals surface area (Å²) in [6.45, 7) is 6.10. The third-order valence-corrected chi connectivity index (χ3v) is 5.68. The summed E-state index contributed by atoms with van der Waals surface area (Å²) in [4.78, 5) is 23.4. The molecule has 0 radical (unpaired) electrons. The van der Waals surface area contributed by atoms with E-state index in [1.807, 2.05) is 22.8 Å². The van der Waals surface area contributed by atoms with Crippen LogP contribution in [0.4, 0.5) is 5.69 Å². The fourth-order valence-corrected chi connectivity index (χ4v) is 4.25. The van der Waals surface area contributed by atoms with Gasteiger partial charge in [-0.25, -0.2) is 4.79 Å². The van der Waals surface area contributed by atoms with Crippen LogP contribution in [0, 0.1) is 0 Å². The Kier molecular flexibility index (Phi) is 5.94. The summed E-state index contributed by atoms with van der Waals surface area (Å²) in [5.41, 5.74) is 1.38. The third-order valence-electron chi connectivity index (χ3n) is 4.66. The summed E-state index contributed by atoms with van der Waals surface area (Å²) in [5, 5.41) is 13.0. The summed E-state index contributed by atoms with van der Waals surface area (Å²) in [6, 6.07) is 10.5. The van der Waals surface area contributed by atoms with Crippen molar-refractivity contribution in [2.75, 3.05) is 5.32 Å². The van der Waals surface area contributed by atoms with Gasteiger partial charge in [-0.15, -0.1) is 10.2 Å². The highest BCUT2D eigenvalue weighted by molar-refractivity contribution is 7.98. The molecule has 0 unspecified atom stereocenters. The Morgan fingerprint density at radius 2 is 2.06 bits per heavy atom. The van der Waals surface area contributed by atoms with Crippen LogP contribution in [-0.4, -0.2) is 20.7 Å². The fraction of sp³-hybridized carbons (Fsp3) is 0.273. The van der Waals surface area contributed by atoms with Gasteiger partial charge in [0.1, 0.15) is 17.2 Å². The van der Waals surface area contributed by atoms with Crippen molar-refractivity contribution in [2.45, 2.75) is 44.1 Å². The van der Waals surface area contributed by atoms with Gasteiger partial charge in [0.2, 0.25) is 5.91 Å². The number of benzene rings is 1. The van der Waals surface area contributed by atoms with E-state index in [0.717, 1.165) is 27.7 Å².